The van der Waals surface area contributed by atoms with Crippen molar-refractivity contribution in [1.29, 1.82) is 0 Å². The zero-order valence-corrected chi connectivity index (χ0v) is 11.5. The Labute approximate surface area is 112 Å². The monoisotopic (exact) mass is 262 g/mol. The van der Waals surface area contributed by atoms with Crippen molar-refractivity contribution in [1.82, 2.24) is 10.3 Å². The Morgan fingerprint density at radius 3 is 2.94 bits per heavy atom. The molecule has 1 atom stereocenters. The second-order valence-electron chi connectivity index (χ2n) is 4.29. The number of aryl methyl sites for hydroxylation is 1. The number of nitrogens with zero attached hydrogens (tertiary/aromatic N) is 1. The molecule has 4 heteroatoms. The molecule has 1 unspecified atom stereocenters. The third kappa shape index (κ3) is 2.89. The molecule has 0 aliphatic heterocycles. The third-order valence-corrected chi connectivity index (χ3v) is 3.91. The molecule has 96 valence electrons. The molecule has 18 heavy (non-hydrogen) atoms. The molecule has 1 heterocycles. The lowest BCUT2D eigenvalue weighted by atomic mass is 10.1. The summed E-state index contributed by atoms with van der Waals surface area (Å²) in [6, 6.07) is 6.09. The van der Waals surface area contributed by atoms with E-state index in [1.165, 1.54) is 0 Å². The zero-order chi connectivity index (χ0) is 13.0. The van der Waals surface area contributed by atoms with E-state index in [0.29, 0.717) is 12.3 Å². The summed E-state index contributed by atoms with van der Waals surface area (Å²) in [6.07, 6.45) is 2.81. The van der Waals surface area contributed by atoms with Crippen LogP contribution >= 0.6 is 11.3 Å². The van der Waals surface area contributed by atoms with E-state index >= 15 is 0 Å². The minimum atomic E-state index is 0.255. The minimum Gasteiger partial charge on any atom is -0.507 e. The predicted octanol–water partition coefficient (Wildman–Crippen LogP) is 3.40. The maximum atomic E-state index is 9.96. The molecule has 3 nitrogen and oxygen atoms in total. The Morgan fingerprint density at radius 2 is 2.28 bits per heavy atom. The fourth-order valence-electron chi connectivity index (χ4n) is 1.91. The lowest BCUT2D eigenvalue weighted by Crippen LogP contribution is -2.20. The molecular formula is C14H18N2OS. The first-order valence-electron chi connectivity index (χ1n) is 6.12. The molecule has 0 spiro atoms. The van der Waals surface area contributed by atoms with Gasteiger partial charge >= 0.3 is 0 Å². The maximum Gasteiger partial charge on any atom is 0.122 e. The normalized spacial score (nSPS) is 12.6. The first-order chi connectivity index (χ1) is 8.72. The quantitative estimate of drug-likeness (QED) is 0.868. The van der Waals surface area contributed by atoms with Gasteiger partial charge in [-0.05, 0) is 18.9 Å². The van der Waals surface area contributed by atoms with Crippen molar-refractivity contribution in [3.63, 3.8) is 0 Å². The number of nitrogens with one attached hydrogen (secondary N) is 1. The van der Waals surface area contributed by atoms with Gasteiger partial charge in [0, 0.05) is 23.7 Å². The first-order valence-corrected chi connectivity index (χ1v) is 7.00. The van der Waals surface area contributed by atoms with E-state index in [2.05, 4.69) is 17.2 Å². The summed E-state index contributed by atoms with van der Waals surface area (Å²) in [7, 11) is 0. The van der Waals surface area contributed by atoms with Crippen molar-refractivity contribution in [2.45, 2.75) is 32.9 Å². The zero-order valence-electron chi connectivity index (χ0n) is 10.7. The van der Waals surface area contributed by atoms with Crippen molar-refractivity contribution in [2.24, 2.45) is 0 Å². The van der Waals surface area contributed by atoms with E-state index in [1.54, 1.807) is 11.3 Å². The van der Waals surface area contributed by atoms with E-state index in [4.69, 9.17) is 0 Å². The fourth-order valence-corrected chi connectivity index (χ4v) is 2.71. The smallest absolute Gasteiger partial charge is 0.122 e. The van der Waals surface area contributed by atoms with Crippen molar-refractivity contribution in [3.05, 3.63) is 45.9 Å². The summed E-state index contributed by atoms with van der Waals surface area (Å²) >= 11 is 1.66. The van der Waals surface area contributed by atoms with Crippen molar-refractivity contribution in [2.75, 3.05) is 0 Å². The van der Waals surface area contributed by atoms with Gasteiger partial charge < -0.3 is 10.4 Å². The number of rotatable bonds is 5. The van der Waals surface area contributed by atoms with Gasteiger partial charge in [-0.3, -0.25) is 0 Å². The van der Waals surface area contributed by atoms with E-state index in [0.717, 1.165) is 22.6 Å². The number of phenolic OH excluding ortho intramolecular Hbond substituents is 1. The van der Waals surface area contributed by atoms with Gasteiger partial charge in [0.05, 0.1) is 6.04 Å². The number of phenols is 1. The average molecular weight is 262 g/mol. The minimum absolute atomic E-state index is 0.255. The Balaban J connectivity index is 2.04. The second-order valence-corrected chi connectivity index (χ2v) is 5.22. The summed E-state index contributed by atoms with van der Waals surface area (Å²) in [4.78, 5) is 4.33. The lowest BCUT2D eigenvalue weighted by Gasteiger charge is -2.15. The van der Waals surface area contributed by atoms with Crippen LogP contribution in [0.5, 0.6) is 5.75 Å². The largest absolute Gasteiger partial charge is 0.507 e. The molecule has 2 N–H and O–H groups in total. The van der Waals surface area contributed by atoms with Gasteiger partial charge in [0.1, 0.15) is 10.8 Å². The summed E-state index contributed by atoms with van der Waals surface area (Å²) in [5, 5.41) is 16.5. The van der Waals surface area contributed by atoms with E-state index < -0.39 is 0 Å². The van der Waals surface area contributed by atoms with Gasteiger partial charge in [0.25, 0.3) is 0 Å². The highest BCUT2D eigenvalue weighted by molar-refractivity contribution is 7.09. The number of aromatic hydroxyl groups is 1. The van der Waals surface area contributed by atoms with Crippen LogP contribution in [-0.4, -0.2) is 10.1 Å². The lowest BCUT2D eigenvalue weighted by molar-refractivity contribution is 0.451. The Bertz CT molecular complexity index is 497. The number of hydrogen-bond donors (Lipinski definition) is 2. The predicted molar refractivity (Wildman–Crippen MR) is 74.8 cm³/mol. The topological polar surface area (TPSA) is 45.1 Å². The number of hydrogen-bond acceptors (Lipinski definition) is 4. The van der Waals surface area contributed by atoms with Gasteiger partial charge in [0.2, 0.25) is 0 Å². The third-order valence-electron chi connectivity index (χ3n) is 3.02. The molecule has 1 aromatic carbocycles. The molecule has 0 radical (unpaired) electrons. The highest BCUT2D eigenvalue weighted by Gasteiger charge is 2.12. The first kappa shape index (κ1) is 13.1. The van der Waals surface area contributed by atoms with Crippen LogP contribution in [0.3, 0.4) is 0 Å². The molecule has 2 rings (SSSR count). The molecule has 0 saturated carbocycles. The molecule has 0 fully saturated rings. The van der Waals surface area contributed by atoms with Crippen LogP contribution in [-0.2, 0) is 6.54 Å². The van der Waals surface area contributed by atoms with Gasteiger partial charge in [0.15, 0.2) is 0 Å². The van der Waals surface area contributed by atoms with E-state index in [9.17, 15) is 5.11 Å². The van der Waals surface area contributed by atoms with Crippen molar-refractivity contribution >= 4 is 11.3 Å². The molecule has 1 aromatic heterocycles. The molecule has 0 amide bonds. The number of benzene rings is 1. The summed E-state index contributed by atoms with van der Waals surface area (Å²) in [6.45, 7) is 4.71. The summed E-state index contributed by atoms with van der Waals surface area (Å²) in [5.41, 5.74) is 1.85. The molecular weight excluding hydrogens is 244 g/mol. The van der Waals surface area contributed by atoms with Crippen LogP contribution < -0.4 is 5.32 Å². The standard InChI is InChI=1S/C14H18N2OS/c1-3-12(14-15-7-8-18-14)16-9-11-6-4-5-10(2)13(11)17/h4-8,12,16-17H,3,9H2,1-2H3. The SMILES string of the molecule is CCC(NCc1cccc(C)c1O)c1nccs1. The second kappa shape index (κ2) is 5.98. The Hall–Kier alpha value is -1.39. The van der Waals surface area contributed by atoms with Gasteiger partial charge in [-0.1, -0.05) is 25.1 Å². The fraction of sp³-hybridized carbons (Fsp3) is 0.357. The molecule has 0 aliphatic rings. The van der Waals surface area contributed by atoms with Gasteiger partial charge in [-0.25, -0.2) is 4.98 Å². The highest BCUT2D eigenvalue weighted by atomic mass is 32.1. The number of aromatic nitrogens is 1. The highest BCUT2D eigenvalue weighted by Crippen LogP contribution is 2.24. The molecule has 0 saturated heterocycles. The molecule has 0 aliphatic carbocycles. The summed E-state index contributed by atoms with van der Waals surface area (Å²) < 4.78 is 0. The van der Waals surface area contributed by atoms with Crippen LogP contribution in [0, 0.1) is 6.92 Å². The molecule has 2 aromatic rings. The molecule has 0 bridgehead atoms. The Kier molecular flexibility index (Phi) is 4.33. The average Bonchev–Trinajstić information content (AvgIpc) is 2.89. The maximum absolute atomic E-state index is 9.96. The van der Waals surface area contributed by atoms with Gasteiger partial charge in [-0.15, -0.1) is 11.3 Å². The van der Waals surface area contributed by atoms with E-state index in [-0.39, 0.29) is 6.04 Å². The van der Waals surface area contributed by atoms with Crippen LogP contribution in [0.25, 0.3) is 0 Å². The van der Waals surface area contributed by atoms with Crippen LogP contribution in [0.2, 0.25) is 0 Å². The summed E-state index contributed by atoms with van der Waals surface area (Å²) in [5.74, 6) is 0.388. The van der Waals surface area contributed by atoms with Crippen molar-refractivity contribution in [3.8, 4) is 5.75 Å². The van der Waals surface area contributed by atoms with E-state index in [1.807, 2.05) is 36.7 Å². The van der Waals surface area contributed by atoms with Crippen LogP contribution in [0.1, 0.15) is 35.5 Å². The number of para-hydroxylation sites is 1. The number of thiazole rings is 1. The van der Waals surface area contributed by atoms with Crippen LogP contribution in [0.4, 0.5) is 0 Å². The Morgan fingerprint density at radius 1 is 1.44 bits per heavy atom. The van der Waals surface area contributed by atoms with Crippen molar-refractivity contribution < 1.29 is 5.11 Å². The van der Waals surface area contributed by atoms with Crippen LogP contribution in [0.15, 0.2) is 29.8 Å². The van der Waals surface area contributed by atoms with Gasteiger partial charge in [-0.2, -0.15) is 0 Å².